The van der Waals surface area contributed by atoms with E-state index in [0.717, 1.165) is 64.2 Å². The minimum atomic E-state index is -4.40. The zero-order chi connectivity index (χ0) is 46.5. The summed E-state index contributed by atoms with van der Waals surface area (Å²) in [5, 5.41) is 9.83. The highest BCUT2D eigenvalue weighted by Gasteiger charge is 2.27. The first-order valence-corrected chi connectivity index (χ1v) is 26.6. The maximum absolute atomic E-state index is 12.7. The summed E-state index contributed by atoms with van der Waals surface area (Å²) in [5.41, 5.74) is 0. The van der Waals surface area contributed by atoms with Gasteiger partial charge in [-0.05, 0) is 70.6 Å². The van der Waals surface area contributed by atoms with Crippen LogP contribution in [0.1, 0.15) is 200 Å². The third-order valence-electron chi connectivity index (χ3n) is 10.6. The van der Waals surface area contributed by atoms with E-state index in [1.54, 1.807) is 0 Å². The average Bonchev–Trinajstić information content (AvgIpc) is 3.23. The van der Waals surface area contributed by atoms with Gasteiger partial charge >= 0.3 is 19.8 Å². The van der Waals surface area contributed by atoms with Crippen molar-refractivity contribution >= 4 is 19.8 Å². The standard InChI is InChI=1S/C52H94NO9P/c1-6-8-10-11-12-13-14-15-16-17-18-19-20-21-22-23-28-31-34-37-40-44-52(56)62-50(48-61-63(57,58)60-46-45-53(3,4)5)47-59-51(55)43-39-36-33-30-27-25-24-26-29-32-35-38-42-49(54)41-9-7-2/h15-16,24-25,29-30,32-33,38,42,49-50,54H,6-14,17-23,26-28,31,34-37,39-41,43-48H2,1-5H3/p+1/b16-15-,25-24-,32-29-,33-30-,42-38-/t49-,50+/m0/s1. The fourth-order valence-corrected chi connectivity index (χ4v) is 7.35. The molecule has 0 aliphatic rings. The first-order chi connectivity index (χ1) is 30.4. The van der Waals surface area contributed by atoms with Crippen LogP contribution >= 0.6 is 7.82 Å². The topological polar surface area (TPSA) is 129 Å². The second-order valence-electron chi connectivity index (χ2n) is 18.0. The van der Waals surface area contributed by atoms with Gasteiger partial charge in [-0.2, -0.15) is 0 Å². The molecule has 0 spiro atoms. The number of aliphatic hydroxyl groups is 1. The largest absolute Gasteiger partial charge is 0.472 e. The lowest BCUT2D eigenvalue weighted by atomic mass is 10.0. The molecule has 0 saturated carbocycles. The quantitative estimate of drug-likeness (QED) is 0.0202. The van der Waals surface area contributed by atoms with Crippen LogP contribution in [0, 0.1) is 0 Å². The van der Waals surface area contributed by atoms with Gasteiger partial charge in [0.25, 0.3) is 0 Å². The number of phosphoric ester groups is 1. The molecule has 0 rings (SSSR count). The van der Waals surface area contributed by atoms with Crippen molar-refractivity contribution in [2.24, 2.45) is 0 Å². The van der Waals surface area contributed by atoms with Crippen LogP contribution in [0.3, 0.4) is 0 Å². The highest BCUT2D eigenvalue weighted by molar-refractivity contribution is 7.47. The SMILES string of the molecule is CCCCCCCC/C=C\CCCCCCCCCCCCCC(=O)O[C@H](COC(=O)CCC/C=C\C/C=C\C/C=C\C/C=C\[C@@H](O)CCCC)COP(=O)(O)OCC[N+](C)(C)C. The Hall–Kier alpha value is -2.33. The number of nitrogens with zero attached hydrogens (tertiary/aromatic N) is 1. The number of phosphoric acid groups is 1. The lowest BCUT2D eigenvalue weighted by Gasteiger charge is -2.24. The number of rotatable bonds is 45. The van der Waals surface area contributed by atoms with Crippen LogP contribution in [-0.2, 0) is 32.7 Å². The molecule has 3 atom stereocenters. The van der Waals surface area contributed by atoms with Crippen LogP contribution in [0.5, 0.6) is 0 Å². The molecule has 0 radical (unpaired) electrons. The van der Waals surface area contributed by atoms with Gasteiger partial charge < -0.3 is 24.0 Å². The molecule has 0 aromatic rings. The van der Waals surface area contributed by atoms with E-state index in [1.165, 1.54) is 96.3 Å². The van der Waals surface area contributed by atoms with Gasteiger partial charge in [0.2, 0.25) is 0 Å². The van der Waals surface area contributed by atoms with Crippen molar-refractivity contribution in [3.8, 4) is 0 Å². The van der Waals surface area contributed by atoms with E-state index >= 15 is 0 Å². The Morgan fingerprint density at radius 1 is 0.556 bits per heavy atom. The molecule has 0 heterocycles. The van der Waals surface area contributed by atoms with Crippen LogP contribution in [0.15, 0.2) is 60.8 Å². The predicted molar refractivity (Wildman–Crippen MR) is 262 cm³/mol. The van der Waals surface area contributed by atoms with Crippen molar-refractivity contribution < 1.29 is 47.2 Å². The second-order valence-corrected chi connectivity index (χ2v) is 19.5. The summed E-state index contributed by atoms with van der Waals surface area (Å²) in [6, 6.07) is 0. The van der Waals surface area contributed by atoms with E-state index in [4.69, 9.17) is 18.5 Å². The number of carbonyl (C=O) groups excluding carboxylic acids is 2. The summed E-state index contributed by atoms with van der Waals surface area (Å²) in [5.74, 6) is -0.887. The first kappa shape index (κ1) is 60.7. The van der Waals surface area contributed by atoms with Crippen molar-refractivity contribution in [2.75, 3.05) is 47.5 Å². The number of hydrogen-bond donors (Lipinski definition) is 2. The second kappa shape index (κ2) is 43.6. The van der Waals surface area contributed by atoms with Crippen molar-refractivity contribution in [2.45, 2.75) is 212 Å². The number of ether oxygens (including phenoxy) is 2. The maximum atomic E-state index is 12.7. The van der Waals surface area contributed by atoms with Crippen molar-refractivity contribution in [3.63, 3.8) is 0 Å². The van der Waals surface area contributed by atoms with Crippen molar-refractivity contribution in [1.82, 2.24) is 0 Å². The Morgan fingerprint density at radius 2 is 1.02 bits per heavy atom. The molecule has 10 nitrogen and oxygen atoms in total. The Kier molecular flexibility index (Phi) is 41.9. The van der Waals surface area contributed by atoms with E-state index in [0.29, 0.717) is 23.9 Å². The molecule has 11 heteroatoms. The molecule has 2 N–H and O–H groups in total. The molecule has 0 aromatic heterocycles. The predicted octanol–water partition coefficient (Wildman–Crippen LogP) is 13.8. The molecule has 0 aliphatic carbocycles. The Balaban J connectivity index is 4.37. The monoisotopic (exact) mass is 909 g/mol. The smallest absolute Gasteiger partial charge is 0.462 e. The van der Waals surface area contributed by atoms with Crippen molar-refractivity contribution in [3.05, 3.63) is 60.8 Å². The number of likely N-dealkylation sites (N-methyl/N-ethyl adjacent to an activating group) is 1. The fourth-order valence-electron chi connectivity index (χ4n) is 6.61. The molecule has 0 aromatic carbocycles. The van der Waals surface area contributed by atoms with Gasteiger partial charge in [-0.25, -0.2) is 4.57 Å². The van der Waals surface area contributed by atoms with Crippen LogP contribution in [0.2, 0.25) is 0 Å². The lowest BCUT2D eigenvalue weighted by Crippen LogP contribution is -2.37. The number of aliphatic hydroxyl groups excluding tert-OH is 1. The number of carbonyl (C=O) groups is 2. The highest BCUT2D eigenvalue weighted by atomic mass is 31.2. The molecule has 0 aliphatic heterocycles. The van der Waals surface area contributed by atoms with Gasteiger partial charge in [0.15, 0.2) is 6.10 Å². The third-order valence-corrected chi connectivity index (χ3v) is 11.6. The van der Waals surface area contributed by atoms with E-state index in [2.05, 4.69) is 56.4 Å². The van der Waals surface area contributed by atoms with Gasteiger partial charge in [0, 0.05) is 12.8 Å². The maximum Gasteiger partial charge on any atom is 0.472 e. The van der Waals surface area contributed by atoms with Crippen LogP contribution in [0.4, 0.5) is 0 Å². The van der Waals surface area contributed by atoms with Crippen molar-refractivity contribution in [1.29, 1.82) is 0 Å². The lowest BCUT2D eigenvalue weighted by molar-refractivity contribution is -0.870. The van der Waals surface area contributed by atoms with E-state index in [-0.39, 0.29) is 32.2 Å². The Bertz CT molecular complexity index is 1270. The summed E-state index contributed by atoms with van der Waals surface area (Å²) >= 11 is 0. The molecule has 0 saturated heterocycles. The van der Waals surface area contributed by atoms with Crippen LogP contribution in [-0.4, -0.2) is 86.1 Å². The van der Waals surface area contributed by atoms with E-state index in [1.807, 2.05) is 39.4 Å². The van der Waals surface area contributed by atoms with Gasteiger partial charge in [0.1, 0.15) is 19.8 Å². The number of esters is 2. The molecule has 0 amide bonds. The number of hydrogen-bond acceptors (Lipinski definition) is 8. The molecule has 63 heavy (non-hydrogen) atoms. The zero-order valence-corrected chi connectivity index (χ0v) is 41.8. The molecule has 0 fully saturated rings. The summed E-state index contributed by atoms with van der Waals surface area (Å²) in [6.07, 6.45) is 50.4. The first-order valence-electron chi connectivity index (χ1n) is 25.1. The normalized spacial score (nSPS) is 14.5. The van der Waals surface area contributed by atoms with Gasteiger partial charge in [-0.3, -0.25) is 18.6 Å². The summed E-state index contributed by atoms with van der Waals surface area (Å²) < 4.78 is 34.3. The fraction of sp³-hybridized carbons (Fsp3) is 0.769. The van der Waals surface area contributed by atoms with E-state index in [9.17, 15) is 24.2 Å². The zero-order valence-electron chi connectivity index (χ0n) is 40.9. The Labute approximate surface area is 386 Å². The molecular weight excluding hydrogens is 814 g/mol. The minimum Gasteiger partial charge on any atom is -0.462 e. The number of allylic oxidation sites excluding steroid dienone is 9. The molecular formula is C52H95NO9P+. The van der Waals surface area contributed by atoms with E-state index < -0.39 is 32.5 Å². The minimum absolute atomic E-state index is 0.0146. The van der Waals surface area contributed by atoms with Gasteiger partial charge in [-0.15, -0.1) is 0 Å². The molecule has 1 unspecified atom stereocenters. The molecule has 366 valence electrons. The Morgan fingerprint density at radius 3 is 1.57 bits per heavy atom. The third kappa shape index (κ3) is 47.5. The van der Waals surface area contributed by atoms with Gasteiger partial charge in [0.05, 0.1) is 33.9 Å². The number of quaternary nitrogens is 1. The average molecular weight is 909 g/mol. The summed E-state index contributed by atoms with van der Waals surface area (Å²) in [7, 11) is 1.42. The highest BCUT2D eigenvalue weighted by Crippen LogP contribution is 2.43. The van der Waals surface area contributed by atoms with Gasteiger partial charge in [-0.1, -0.05) is 177 Å². The summed E-state index contributed by atoms with van der Waals surface area (Å²) in [4.78, 5) is 35.5. The summed E-state index contributed by atoms with van der Waals surface area (Å²) in [6.45, 7) is 4.20. The van der Waals surface area contributed by atoms with Crippen LogP contribution < -0.4 is 0 Å². The number of unbranched alkanes of at least 4 members (excludes halogenated alkanes) is 19. The molecule has 0 bridgehead atoms. The van der Waals surface area contributed by atoms with Crippen LogP contribution in [0.25, 0.3) is 0 Å².